The number of Topliss-reactive ketones (excluding diaryl/α,β-unsaturated/α-hetero) is 1. The summed E-state index contributed by atoms with van der Waals surface area (Å²) in [5.41, 5.74) is 1.09. The average molecular weight is 176 g/mol. The smallest absolute Gasteiger partial charge is 0.140 e. The van der Waals surface area contributed by atoms with Gasteiger partial charge >= 0.3 is 0 Å². The molecule has 4 aliphatic rings. The van der Waals surface area contributed by atoms with Crippen LogP contribution in [-0.4, -0.2) is 5.78 Å². The molecule has 0 radical (unpaired) electrons. The van der Waals surface area contributed by atoms with Crippen molar-refractivity contribution in [3.05, 3.63) is 0 Å². The van der Waals surface area contributed by atoms with Crippen molar-refractivity contribution < 1.29 is 4.79 Å². The van der Waals surface area contributed by atoms with Gasteiger partial charge < -0.3 is 0 Å². The van der Waals surface area contributed by atoms with Gasteiger partial charge in [0, 0.05) is 11.8 Å². The summed E-state index contributed by atoms with van der Waals surface area (Å²) in [5, 5.41) is 0. The summed E-state index contributed by atoms with van der Waals surface area (Å²) in [6.07, 6.45) is 6.91. The van der Waals surface area contributed by atoms with Crippen LogP contribution in [0.4, 0.5) is 0 Å². The lowest BCUT2D eigenvalue weighted by Crippen LogP contribution is -2.29. The molecule has 0 amide bonds. The van der Waals surface area contributed by atoms with Crippen molar-refractivity contribution in [1.82, 2.24) is 0 Å². The number of carbonyl (C=O) groups excluding carboxylic acids is 1. The van der Waals surface area contributed by atoms with Crippen LogP contribution >= 0.6 is 0 Å². The highest BCUT2D eigenvalue weighted by Gasteiger charge is 2.86. The topological polar surface area (TPSA) is 17.1 Å². The molecule has 4 saturated carbocycles. The summed E-state index contributed by atoms with van der Waals surface area (Å²) < 4.78 is 0. The molecule has 13 heavy (non-hydrogen) atoms. The summed E-state index contributed by atoms with van der Waals surface area (Å²) >= 11 is 0. The van der Waals surface area contributed by atoms with E-state index < -0.39 is 0 Å². The van der Waals surface area contributed by atoms with Crippen molar-refractivity contribution >= 4 is 5.78 Å². The van der Waals surface area contributed by atoms with E-state index in [1.807, 2.05) is 0 Å². The van der Waals surface area contributed by atoms with Gasteiger partial charge in [0.25, 0.3) is 0 Å². The number of hydrogen-bond donors (Lipinski definition) is 0. The van der Waals surface area contributed by atoms with E-state index in [4.69, 9.17) is 0 Å². The van der Waals surface area contributed by atoms with Crippen LogP contribution in [0.5, 0.6) is 0 Å². The van der Waals surface area contributed by atoms with Crippen LogP contribution in [0.15, 0.2) is 0 Å². The Morgan fingerprint density at radius 3 is 2.92 bits per heavy atom. The molecule has 4 aliphatic carbocycles. The predicted molar refractivity (Wildman–Crippen MR) is 49.1 cm³/mol. The quantitative estimate of drug-likeness (QED) is 0.554. The highest BCUT2D eigenvalue weighted by Crippen LogP contribution is 2.88. The molecule has 0 aromatic rings. The van der Waals surface area contributed by atoms with Gasteiger partial charge in [0.15, 0.2) is 0 Å². The highest BCUT2D eigenvalue weighted by molar-refractivity contribution is 5.93. The van der Waals surface area contributed by atoms with Crippen LogP contribution in [0.2, 0.25) is 0 Å². The largest absolute Gasteiger partial charge is 0.299 e. The van der Waals surface area contributed by atoms with Crippen molar-refractivity contribution in [2.24, 2.45) is 28.6 Å². The van der Waals surface area contributed by atoms with E-state index in [9.17, 15) is 4.79 Å². The molecule has 0 saturated heterocycles. The van der Waals surface area contributed by atoms with E-state index in [1.165, 1.54) is 32.1 Å². The van der Waals surface area contributed by atoms with Crippen molar-refractivity contribution in [2.75, 3.05) is 0 Å². The van der Waals surface area contributed by atoms with E-state index >= 15 is 0 Å². The molecule has 2 unspecified atom stereocenters. The van der Waals surface area contributed by atoms with Crippen molar-refractivity contribution in [2.45, 2.75) is 39.0 Å². The first kappa shape index (κ1) is 7.03. The maximum atomic E-state index is 12.0. The zero-order chi connectivity index (χ0) is 8.84. The van der Waals surface area contributed by atoms with Gasteiger partial charge in [-0.3, -0.25) is 4.79 Å². The van der Waals surface area contributed by atoms with Crippen LogP contribution in [0.25, 0.3) is 0 Å². The Kier molecular flexibility index (Phi) is 0.874. The summed E-state index contributed by atoms with van der Waals surface area (Å²) in [6, 6.07) is 0. The first-order valence-electron chi connectivity index (χ1n) is 5.78. The van der Waals surface area contributed by atoms with Gasteiger partial charge in [0.05, 0.1) is 0 Å². The molecule has 0 aliphatic heterocycles. The minimum absolute atomic E-state index is 0.416. The first-order chi connectivity index (χ1) is 6.24. The van der Waals surface area contributed by atoms with Crippen molar-refractivity contribution in [3.63, 3.8) is 0 Å². The summed E-state index contributed by atoms with van der Waals surface area (Å²) in [4.78, 5) is 12.0. The Hall–Kier alpha value is -0.330. The Morgan fingerprint density at radius 2 is 2.15 bits per heavy atom. The van der Waals surface area contributed by atoms with Crippen LogP contribution in [0, 0.1) is 28.6 Å². The second-order valence-corrected chi connectivity index (χ2v) is 5.80. The SMILES string of the molecule is C[C@@H]1C(=O)C2C3CC[C@@]14CCC[C@@]324. The first-order valence-corrected chi connectivity index (χ1v) is 5.78. The van der Waals surface area contributed by atoms with Gasteiger partial charge in [-0.2, -0.15) is 0 Å². The lowest BCUT2D eigenvalue weighted by molar-refractivity contribution is -0.124. The molecule has 0 N–H and O–H groups in total. The lowest BCUT2D eigenvalue weighted by Gasteiger charge is -2.32. The Bertz CT molecular complexity index is 313. The molecule has 4 rings (SSSR count). The summed E-state index contributed by atoms with van der Waals surface area (Å²) in [5.74, 6) is 2.44. The maximum absolute atomic E-state index is 12.0. The van der Waals surface area contributed by atoms with Crippen LogP contribution in [0.1, 0.15) is 39.0 Å². The number of ketones is 1. The van der Waals surface area contributed by atoms with Crippen LogP contribution in [0.3, 0.4) is 0 Å². The van der Waals surface area contributed by atoms with Crippen LogP contribution < -0.4 is 0 Å². The predicted octanol–water partition coefficient (Wildman–Crippen LogP) is 2.40. The van der Waals surface area contributed by atoms with Gasteiger partial charge in [0.2, 0.25) is 0 Å². The number of carbonyl (C=O) groups is 1. The van der Waals surface area contributed by atoms with Crippen molar-refractivity contribution in [3.8, 4) is 0 Å². The molecular formula is C12H16O. The number of fused-ring (bicyclic) bond motifs is 1. The van der Waals surface area contributed by atoms with Crippen molar-refractivity contribution in [1.29, 1.82) is 0 Å². The summed E-state index contributed by atoms with van der Waals surface area (Å²) in [6.45, 7) is 2.21. The lowest BCUT2D eigenvalue weighted by atomic mass is 9.71. The highest BCUT2D eigenvalue weighted by atomic mass is 16.1. The minimum atomic E-state index is 0.416. The molecule has 4 fully saturated rings. The second kappa shape index (κ2) is 1.62. The van der Waals surface area contributed by atoms with Gasteiger partial charge in [-0.05, 0) is 42.4 Å². The molecule has 0 aromatic heterocycles. The summed E-state index contributed by atoms with van der Waals surface area (Å²) in [7, 11) is 0. The molecular weight excluding hydrogens is 160 g/mol. The van der Waals surface area contributed by atoms with Gasteiger partial charge in [-0.1, -0.05) is 13.3 Å². The van der Waals surface area contributed by atoms with Crippen LogP contribution in [-0.2, 0) is 4.79 Å². The molecule has 0 heterocycles. The number of hydrogen-bond acceptors (Lipinski definition) is 1. The zero-order valence-electron chi connectivity index (χ0n) is 8.18. The fourth-order valence-corrected chi connectivity index (χ4v) is 5.74. The zero-order valence-corrected chi connectivity index (χ0v) is 8.18. The third-order valence-corrected chi connectivity index (χ3v) is 6.11. The molecule has 70 valence electrons. The fraction of sp³-hybridized carbons (Fsp3) is 0.917. The molecule has 0 aromatic carbocycles. The van der Waals surface area contributed by atoms with Gasteiger partial charge in [0.1, 0.15) is 5.78 Å². The second-order valence-electron chi connectivity index (χ2n) is 5.80. The minimum Gasteiger partial charge on any atom is -0.299 e. The maximum Gasteiger partial charge on any atom is 0.140 e. The average Bonchev–Trinajstić information content (AvgIpc) is 2.42. The number of rotatable bonds is 0. The molecule has 1 nitrogen and oxygen atoms in total. The third kappa shape index (κ3) is 0.425. The van der Waals surface area contributed by atoms with E-state index in [0.717, 1.165) is 5.92 Å². The van der Waals surface area contributed by atoms with E-state index in [-0.39, 0.29) is 0 Å². The van der Waals surface area contributed by atoms with E-state index in [0.29, 0.717) is 28.4 Å². The monoisotopic (exact) mass is 176 g/mol. The Morgan fingerprint density at radius 1 is 1.31 bits per heavy atom. The standard InChI is InChI=1S/C12H16O/c1-7-10(13)9-8-3-6-11(7)4-2-5-12(8,9)11/h7-9H,2-6H2,1H3/t7-,8?,9?,11+,12-/m1/s1. The molecule has 0 bridgehead atoms. The normalized spacial score (nSPS) is 66.8. The van der Waals surface area contributed by atoms with E-state index in [2.05, 4.69) is 6.92 Å². The Labute approximate surface area is 78.9 Å². The van der Waals surface area contributed by atoms with Gasteiger partial charge in [-0.25, -0.2) is 0 Å². The third-order valence-electron chi connectivity index (χ3n) is 6.11. The molecule has 1 spiro atoms. The Balaban J connectivity index is 1.98. The fourth-order valence-electron chi connectivity index (χ4n) is 5.74. The van der Waals surface area contributed by atoms with E-state index in [1.54, 1.807) is 0 Å². The molecule has 1 heteroatoms. The van der Waals surface area contributed by atoms with Gasteiger partial charge in [-0.15, -0.1) is 0 Å². The molecule has 5 atom stereocenters.